The Hall–Kier alpha value is 0.870. The van der Waals surface area contributed by atoms with Crippen LogP contribution in [0, 0.1) is 0 Å². The lowest BCUT2D eigenvalue weighted by atomic mass is 10.1. The van der Waals surface area contributed by atoms with Crippen molar-refractivity contribution in [3.8, 4) is 0 Å². The number of rotatable bonds is 6. The SMILES string of the molecule is CCCCCC(Cl)(Cl)CCCl. The topological polar surface area (TPSA) is 0 Å². The van der Waals surface area contributed by atoms with Crippen LogP contribution >= 0.6 is 34.8 Å². The molecule has 0 aliphatic heterocycles. The highest BCUT2D eigenvalue weighted by Gasteiger charge is 2.21. The van der Waals surface area contributed by atoms with Gasteiger partial charge in [0.15, 0.2) is 0 Å². The average Bonchev–Trinajstić information content (AvgIpc) is 1.87. The first-order chi connectivity index (χ1) is 5.12. The highest BCUT2D eigenvalue weighted by Crippen LogP contribution is 2.31. The molecule has 0 bridgehead atoms. The van der Waals surface area contributed by atoms with Gasteiger partial charge < -0.3 is 0 Å². The maximum atomic E-state index is 5.95. The molecule has 0 amide bonds. The Balaban J connectivity index is 3.38. The standard InChI is InChI=1S/C8H15Cl3/c1-2-3-4-5-8(10,11)6-7-9/h2-7H2,1H3. The average molecular weight is 218 g/mol. The lowest BCUT2D eigenvalue weighted by Crippen LogP contribution is -2.12. The highest BCUT2D eigenvalue weighted by molar-refractivity contribution is 6.48. The first-order valence-electron chi connectivity index (χ1n) is 4.06. The van der Waals surface area contributed by atoms with E-state index in [-0.39, 0.29) is 0 Å². The molecule has 11 heavy (non-hydrogen) atoms. The first-order valence-corrected chi connectivity index (χ1v) is 5.35. The molecule has 0 aromatic rings. The van der Waals surface area contributed by atoms with Gasteiger partial charge in [-0.3, -0.25) is 0 Å². The van der Waals surface area contributed by atoms with Crippen molar-refractivity contribution in [2.45, 2.75) is 43.4 Å². The van der Waals surface area contributed by atoms with Crippen LogP contribution in [-0.2, 0) is 0 Å². The quantitative estimate of drug-likeness (QED) is 0.458. The second-order valence-electron chi connectivity index (χ2n) is 2.75. The molecule has 0 atom stereocenters. The summed E-state index contributed by atoms with van der Waals surface area (Å²) in [5.74, 6) is 0.541. The summed E-state index contributed by atoms with van der Waals surface area (Å²) in [6.45, 7) is 2.16. The predicted octanol–water partition coefficient (Wildman–Crippen LogP) is 4.37. The smallest absolute Gasteiger partial charge is 0.119 e. The molecule has 0 aromatic carbocycles. The van der Waals surface area contributed by atoms with E-state index in [2.05, 4.69) is 6.92 Å². The zero-order valence-electron chi connectivity index (χ0n) is 6.88. The van der Waals surface area contributed by atoms with Crippen molar-refractivity contribution in [2.75, 3.05) is 5.88 Å². The summed E-state index contributed by atoms with van der Waals surface area (Å²) in [4.78, 5) is 0. The summed E-state index contributed by atoms with van der Waals surface area (Å²) < 4.78 is -0.586. The lowest BCUT2D eigenvalue weighted by molar-refractivity contribution is 0.598. The fourth-order valence-corrected chi connectivity index (χ4v) is 1.87. The molecule has 3 heteroatoms. The molecule has 0 N–H and O–H groups in total. The third-order valence-electron chi connectivity index (χ3n) is 1.61. The van der Waals surface area contributed by atoms with Crippen LogP contribution in [0.1, 0.15) is 39.0 Å². The monoisotopic (exact) mass is 216 g/mol. The lowest BCUT2D eigenvalue weighted by Gasteiger charge is -2.17. The summed E-state index contributed by atoms with van der Waals surface area (Å²) >= 11 is 17.4. The van der Waals surface area contributed by atoms with E-state index in [9.17, 15) is 0 Å². The van der Waals surface area contributed by atoms with Crippen molar-refractivity contribution < 1.29 is 0 Å². The molecular formula is C8H15Cl3. The number of unbranched alkanes of at least 4 members (excludes halogenated alkanes) is 2. The minimum atomic E-state index is -0.586. The van der Waals surface area contributed by atoms with Gasteiger partial charge in [-0.2, -0.15) is 0 Å². The molecule has 0 aliphatic carbocycles. The second-order valence-corrected chi connectivity index (χ2v) is 4.77. The van der Waals surface area contributed by atoms with Crippen LogP contribution in [0.4, 0.5) is 0 Å². The number of alkyl halides is 3. The van der Waals surface area contributed by atoms with Gasteiger partial charge in [-0.25, -0.2) is 0 Å². The minimum Gasteiger partial charge on any atom is -0.127 e. The molecule has 0 unspecified atom stereocenters. The second kappa shape index (κ2) is 6.39. The number of hydrogen-bond donors (Lipinski definition) is 0. The van der Waals surface area contributed by atoms with Gasteiger partial charge in [0.25, 0.3) is 0 Å². The van der Waals surface area contributed by atoms with Gasteiger partial charge in [-0.05, 0) is 12.8 Å². The van der Waals surface area contributed by atoms with Gasteiger partial charge in [0.1, 0.15) is 4.33 Å². The van der Waals surface area contributed by atoms with Crippen LogP contribution in [0.5, 0.6) is 0 Å². The minimum absolute atomic E-state index is 0.541. The Morgan fingerprint density at radius 1 is 1.09 bits per heavy atom. The van der Waals surface area contributed by atoms with Gasteiger partial charge in [-0.1, -0.05) is 26.2 Å². The molecule has 0 saturated carbocycles. The van der Waals surface area contributed by atoms with E-state index >= 15 is 0 Å². The van der Waals surface area contributed by atoms with Crippen LogP contribution in [-0.4, -0.2) is 10.2 Å². The van der Waals surface area contributed by atoms with Crippen molar-refractivity contribution in [2.24, 2.45) is 0 Å². The summed E-state index contributed by atoms with van der Waals surface area (Å²) in [5, 5.41) is 0. The van der Waals surface area contributed by atoms with Crippen molar-refractivity contribution in [3.05, 3.63) is 0 Å². The molecule has 0 heterocycles. The summed E-state index contributed by atoms with van der Waals surface area (Å²) in [6, 6.07) is 0. The van der Waals surface area contributed by atoms with Crippen LogP contribution in [0.3, 0.4) is 0 Å². The summed E-state index contributed by atoms with van der Waals surface area (Å²) in [5.41, 5.74) is 0. The highest BCUT2D eigenvalue weighted by atomic mass is 35.5. The fourth-order valence-electron chi connectivity index (χ4n) is 0.897. The third-order valence-corrected chi connectivity index (χ3v) is 2.55. The molecule has 0 radical (unpaired) electrons. The van der Waals surface area contributed by atoms with Gasteiger partial charge >= 0.3 is 0 Å². The first kappa shape index (κ1) is 11.9. The van der Waals surface area contributed by atoms with Crippen LogP contribution in [0.2, 0.25) is 0 Å². The molecule has 0 spiro atoms. The molecule has 0 aliphatic rings. The Morgan fingerprint density at radius 3 is 2.18 bits per heavy atom. The molecular weight excluding hydrogens is 202 g/mol. The summed E-state index contributed by atoms with van der Waals surface area (Å²) in [7, 11) is 0. The van der Waals surface area contributed by atoms with Gasteiger partial charge in [0.05, 0.1) is 0 Å². The predicted molar refractivity (Wildman–Crippen MR) is 53.9 cm³/mol. The molecule has 68 valence electrons. The van der Waals surface area contributed by atoms with Gasteiger partial charge in [0, 0.05) is 5.88 Å². The van der Waals surface area contributed by atoms with Crippen LogP contribution in [0.15, 0.2) is 0 Å². The van der Waals surface area contributed by atoms with E-state index in [0.29, 0.717) is 12.3 Å². The number of halogens is 3. The van der Waals surface area contributed by atoms with Gasteiger partial charge in [-0.15, -0.1) is 34.8 Å². The fraction of sp³-hybridized carbons (Fsp3) is 1.00. The number of hydrogen-bond acceptors (Lipinski definition) is 0. The molecule has 0 saturated heterocycles. The third kappa shape index (κ3) is 7.24. The Kier molecular flexibility index (Phi) is 6.90. The van der Waals surface area contributed by atoms with E-state index in [1.807, 2.05) is 0 Å². The van der Waals surface area contributed by atoms with Crippen molar-refractivity contribution in [3.63, 3.8) is 0 Å². The van der Waals surface area contributed by atoms with E-state index < -0.39 is 4.33 Å². The maximum absolute atomic E-state index is 5.95. The van der Waals surface area contributed by atoms with E-state index in [4.69, 9.17) is 34.8 Å². The Morgan fingerprint density at radius 2 is 1.73 bits per heavy atom. The van der Waals surface area contributed by atoms with E-state index in [1.54, 1.807) is 0 Å². The molecule has 0 rings (SSSR count). The molecule has 0 nitrogen and oxygen atoms in total. The normalized spacial score (nSPS) is 12.0. The molecule has 0 aromatic heterocycles. The maximum Gasteiger partial charge on any atom is 0.119 e. The van der Waals surface area contributed by atoms with Crippen molar-refractivity contribution in [1.82, 2.24) is 0 Å². The van der Waals surface area contributed by atoms with E-state index in [1.165, 1.54) is 12.8 Å². The Labute approximate surface area is 84.2 Å². The van der Waals surface area contributed by atoms with Crippen molar-refractivity contribution >= 4 is 34.8 Å². The Bertz CT molecular complexity index is 91.3. The van der Waals surface area contributed by atoms with Gasteiger partial charge in [0.2, 0.25) is 0 Å². The zero-order valence-corrected chi connectivity index (χ0v) is 9.14. The zero-order chi connectivity index (χ0) is 8.74. The summed E-state index contributed by atoms with van der Waals surface area (Å²) in [6.07, 6.45) is 5.03. The van der Waals surface area contributed by atoms with Crippen LogP contribution < -0.4 is 0 Å². The molecule has 0 fully saturated rings. The van der Waals surface area contributed by atoms with Crippen molar-refractivity contribution in [1.29, 1.82) is 0 Å². The van der Waals surface area contributed by atoms with E-state index in [0.717, 1.165) is 12.8 Å². The largest absolute Gasteiger partial charge is 0.127 e. The van der Waals surface area contributed by atoms with Crippen LogP contribution in [0.25, 0.3) is 0 Å².